The predicted octanol–water partition coefficient (Wildman–Crippen LogP) is 1.78. The lowest BCUT2D eigenvalue weighted by atomic mass is 10.1. The molecule has 24 heavy (non-hydrogen) atoms. The molecule has 1 aromatic heterocycles. The van der Waals surface area contributed by atoms with E-state index >= 15 is 0 Å². The summed E-state index contributed by atoms with van der Waals surface area (Å²) >= 11 is 0. The Labute approximate surface area is 139 Å². The van der Waals surface area contributed by atoms with Crippen LogP contribution in [-0.4, -0.2) is 35.3 Å². The van der Waals surface area contributed by atoms with E-state index in [0.717, 1.165) is 24.2 Å². The molecule has 0 radical (unpaired) electrons. The summed E-state index contributed by atoms with van der Waals surface area (Å²) in [7, 11) is 0. The summed E-state index contributed by atoms with van der Waals surface area (Å²) in [4.78, 5) is 12.4. The van der Waals surface area contributed by atoms with Crippen molar-refractivity contribution < 1.29 is 13.9 Å². The third-order valence-electron chi connectivity index (χ3n) is 4.07. The zero-order chi connectivity index (χ0) is 16.9. The molecule has 2 heterocycles. The standard InChI is InChI=1S/C17H21FN4O2/c1-2-12(24-13-5-3-4-11(18)8-13)9-20-17(23)16-14-10-19-7-6-15(14)21-22-16/h3-5,8,12,19H,2,6-7,9-10H2,1H3,(H,20,23)(H,21,22). The van der Waals surface area contributed by atoms with Gasteiger partial charge in [0.15, 0.2) is 5.69 Å². The summed E-state index contributed by atoms with van der Waals surface area (Å²) in [5.74, 6) is -0.114. The van der Waals surface area contributed by atoms with Crippen LogP contribution in [0.15, 0.2) is 24.3 Å². The number of hydrogen-bond acceptors (Lipinski definition) is 4. The molecule has 0 saturated carbocycles. The minimum Gasteiger partial charge on any atom is -0.489 e. The molecule has 3 rings (SSSR count). The Balaban J connectivity index is 1.59. The van der Waals surface area contributed by atoms with E-state index in [1.54, 1.807) is 12.1 Å². The highest BCUT2D eigenvalue weighted by Gasteiger charge is 2.22. The first-order valence-corrected chi connectivity index (χ1v) is 8.14. The summed E-state index contributed by atoms with van der Waals surface area (Å²) < 4.78 is 18.9. The number of hydrogen-bond donors (Lipinski definition) is 3. The molecule has 3 N–H and O–H groups in total. The molecule has 1 amide bonds. The third-order valence-corrected chi connectivity index (χ3v) is 4.07. The van der Waals surface area contributed by atoms with E-state index in [0.29, 0.717) is 31.0 Å². The molecule has 7 heteroatoms. The van der Waals surface area contributed by atoms with Gasteiger partial charge in [-0.3, -0.25) is 9.89 Å². The second kappa shape index (κ2) is 7.44. The minimum atomic E-state index is -0.345. The maximum absolute atomic E-state index is 13.2. The quantitative estimate of drug-likeness (QED) is 0.753. The number of rotatable bonds is 6. The summed E-state index contributed by atoms with van der Waals surface area (Å²) in [6.07, 6.45) is 1.30. The van der Waals surface area contributed by atoms with Gasteiger partial charge in [-0.25, -0.2) is 4.39 Å². The molecule has 128 valence electrons. The van der Waals surface area contributed by atoms with Crippen LogP contribution in [0.4, 0.5) is 4.39 Å². The van der Waals surface area contributed by atoms with Crippen molar-refractivity contribution in [3.8, 4) is 5.75 Å². The van der Waals surface area contributed by atoms with Crippen molar-refractivity contribution in [3.05, 3.63) is 47.0 Å². The highest BCUT2D eigenvalue weighted by molar-refractivity contribution is 5.94. The number of carbonyl (C=O) groups is 1. The number of ether oxygens (including phenoxy) is 1. The SMILES string of the molecule is CCC(CNC(=O)c1n[nH]c2c1CNCC2)Oc1cccc(F)c1. The Morgan fingerprint density at radius 2 is 2.38 bits per heavy atom. The molecule has 0 saturated heterocycles. The van der Waals surface area contributed by atoms with Gasteiger partial charge in [-0.15, -0.1) is 0 Å². The molecule has 1 aliphatic rings. The molecule has 1 unspecified atom stereocenters. The minimum absolute atomic E-state index is 0.225. The first-order chi connectivity index (χ1) is 11.7. The van der Waals surface area contributed by atoms with Crippen molar-refractivity contribution in [3.63, 3.8) is 0 Å². The number of halogens is 1. The van der Waals surface area contributed by atoms with Gasteiger partial charge >= 0.3 is 0 Å². The van der Waals surface area contributed by atoms with Crippen molar-refractivity contribution in [1.29, 1.82) is 0 Å². The van der Waals surface area contributed by atoms with E-state index in [4.69, 9.17) is 4.74 Å². The number of carbonyl (C=O) groups excluding carboxylic acids is 1. The van der Waals surface area contributed by atoms with Crippen LogP contribution in [0.1, 0.15) is 35.1 Å². The maximum atomic E-state index is 13.2. The van der Waals surface area contributed by atoms with Gasteiger partial charge in [0.1, 0.15) is 17.7 Å². The summed E-state index contributed by atoms with van der Waals surface area (Å²) in [5.41, 5.74) is 2.37. The maximum Gasteiger partial charge on any atom is 0.272 e. The lowest BCUT2D eigenvalue weighted by Crippen LogP contribution is -2.36. The lowest BCUT2D eigenvalue weighted by molar-refractivity contribution is 0.0919. The molecule has 0 spiro atoms. The van der Waals surface area contributed by atoms with Gasteiger partial charge in [0.2, 0.25) is 0 Å². The summed E-state index contributed by atoms with van der Waals surface area (Å²) in [6.45, 7) is 3.82. The van der Waals surface area contributed by atoms with Crippen LogP contribution < -0.4 is 15.4 Å². The van der Waals surface area contributed by atoms with Gasteiger partial charge in [-0.05, 0) is 18.6 Å². The van der Waals surface area contributed by atoms with Gasteiger partial charge in [0.25, 0.3) is 5.91 Å². The van der Waals surface area contributed by atoms with E-state index < -0.39 is 0 Å². The molecule has 1 aromatic carbocycles. The number of aromatic amines is 1. The number of nitrogens with zero attached hydrogens (tertiary/aromatic N) is 1. The predicted molar refractivity (Wildman–Crippen MR) is 87.4 cm³/mol. The van der Waals surface area contributed by atoms with Gasteiger partial charge in [-0.2, -0.15) is 5.10 Å². The Bertz CT molecular complexity index is 716. The Hall–Kier alpha value is -2.41. The van der Waals surface area contributed by atoms with Crippen LogP contribution in [-0.2, 0) is 13.0 Å². The molecule has 1 atom stereocenters. The van der Waals surface area contributed by atoms with Crippen LogP contribution >= 0.6 is 0 Å². The monoisotopic (exact) mass is 332 g/mol. The number of fused-ring (bicyclic) bond motifs is 1. The molecule has 0 aliphatic carbocycles. The molecule has 6 nitrogen and oxygen atoms in total. The largest absolute Gasteiger partial charge is 0.489 e. The van der Waals surface area contributed by atoms with Crippen molar-refractivity contribution in [2.75, 3.05) is 13.1 Å². The molecule has 1 aliphatic heterocycles. The zero-order valence-corrected chi connectivity index (χ0v) is 13.6. The molecule has 0 bridgehead atoms. The first-order valence-electron chi connectivity index (χ1n) is 8.14. The summed E-state index contributed by atoms with van der Waals surface area (Å²) in [5, 5.41) is 13.1. The fraction of sp³-hybridized carbons (Fsp3) is 0.412. The Morgan fingerprint density at radius 1 is 1.50 bits per heavy atom. The fourth-order valence-corrected chi connectivity index (χ4v) is 2.71. The van der Waals surface area contributed by atoms with Gasteiger partial charge < -0.3 is 15.4 Å². The van der Waals surface area contributed by atoms with Crippen molar-refractivity contribution >= 4 is 5.91 Å². The highest BCUT2D eigenvalue weighted by atomic mass is 19.1. The normalized spacial score (nSPS) is 14.8. The average Bonchev–Trinajstić information content (AvgIpc) is 3.02. The van der Waals surface area contributed by atoms with Crippen LogP contribution in [0.3, 0.4) is 0 Å². The lowest BCUT2D eigenvalue weighted by Gasteiger charge is -2.18. The van der Waals surface area contributed by atoms with Crippen molar-refractivity contribution in [2.45, 2.75) is 32.4 Å². The van der Waals surface area contributed by atoms with Crippen LogP contribution in [0, 0.1) is 5.82 Å². The Kier molecular flexibility index (Phi) is 5.10. The van der Waals surface area contributed by atoms with E-state index in [1.165, 1.54) is 12.1 Å². The second-order valence-electron chi connectivity index (χ2n) is 5.77. The number of benzene rings is 1. The zero-order valence-electron chi connectivity index (χ0n) is 13.6. The van der Waals surface area contributed by atoms with E-state index in [9.17, 15) is 9.18 Å². The van der Waals surface area contributed by atoms with Crippen LogP contribution in [0.5, 0.6) is 5.75 Å². The third kappa shape index (κ3) is 3.73. The van der Waals surface area contributed by atoms with Gasteiger partial charge in [-0.1, -0.05) is 13.0 Å². The molecule has 2 aromatic rings. The average molecular weight is 332 g/mol. The number of H-pyrrole nitrogens is 1. The smallest absolute Gasteiger partial charge is 0.272 e. The first kappa shape index (κ1) is 16.4. The molecular formula is C17H21FN4O2. The Morgan fingerprint density at radius 3 is 3.17 bits per heavy atom. The van der Waals surface area contributed by atoms with E-state index in [-0.39, 0.29) is 17.8 Å². The molecule has 0 fully saturated rings. The van der Waals surface area contributed by atoms with E-state index in [1.807, 2.05) is 6.92 Å². The number of nitrogens with one attached hydrogen (secondary N) is 3. The number of amides is 1. The van der Waals surface area contributed by atoms with Crippen molar-refractivity contribution in [1.82, 2.24) is 20.8 Å². The van der Waals surface area contributed by atoms with Gasteiger partial charge in [0.05, 0.1) is 6.54 Å². The number of aromatic nitrogens is 2. The van der Waals surface area contributed by atoms with Crippen LogP contribution in [0.2, 0.25) is 0 Å². The molecular weight excluding hydrogens is 311 g/mol. The summed E-state index contributed by atoms with van der Waals surface area (Å²) in [6, 6.07) is 5.99. The van der Waals surface area contributed by atoms with Crippen molar-refractivity contribution in [2.24, 2.45) is 0 Å². The highest BCUT2D eigenvalue weighted by Crippen LogP contribution is 2.16. The fourth-order valence-electron chi connectivity index (χ4n) is 2.71. The topological polar surface area (TPSA) is 79.0 Å². The second-order valence-corrected chi connectivity index (χ2v) is 5.77. The van der Waals surface area contributed by atoms with Crippen LogP contribution in [0.25, 0.3) is 0 Å². The van der Waals surface area contributed by atoms with E-state index in [2.05, 4.69) is 20.8 Å². The van der Waals surface area contributed by atoms with Gasteiger partial charge in [0, 0.05) is 36.8 Å².